The molecule has 0 radical (unpaired) electrons. The van der Waals surface area contributed by atoms with E-state index in [2.05, 4.69) is 172 Å². The summed E-state index contributed by atoms with van der Waals surface area (Å²) in [4.78, 5) is 11.6. The van der Waals surface area contributed by atoms with E-state index in [0.29, 0.717) is 11.5 Å². The van der Waals surface area contributed by atoms with Gasteiger partial charge in [-0.05, 0) is 23.1 Å². The van der Waals surface area contributed by atoms with Crippen molar-refractivity contribution in [3.63, 3.8) is 0 Å². The molecule has 0 saturated heterocycles. The second-order valence-corrected chi connectivity index (χ2v) is 17.8. The van der Waals surface area contributed by atoms with Crippen LogP contribution in [0.2, 0.25) is 0 Å². The van der Waals surface area contributed by atoms with Crippen molar-refractivity contribution in [2.45, 2.75) is 52.4 Å². The molecule has 5 nitrogen and oxygen atoms in total. The van der Waals surface area contributed by atoms with Crippen LogP contribution in [0.4, 0.5) is 39.9 Å². The van der Waals surface area contributed by atoms with Gasteiger partial charge in [-0.3, -0.25) is 0 Å². The van der Waals surface area contributed by atoms with Crippen LogP contribution in [0.3, 0.4) is 0 Å². The summed E-state index contributed by atoms with van der Waals surface area (Å²) in [7, 11) is 0. The van der Waals surface area contributed by atoms with E-state index in [4.69, 9.17) is 9.72 Å². The Kier molecular flexibility index (Phi) is 9.57. The predicted octanol–water partition coefficient (Wildman–Crippen LogP) is 9.91. The molecule has 5 aromatic carbocycles. The Labute approximate surface area is 326 Å². The van der Waals surface area contributed by atoms with Crippen LogP contribution >= 0.6 is 0 Å². The van der Waals surface area contributed by atoms with E-state index in [1.54, 1.807) is 0 Å². The van der Waals surface area contributed by atoms with Crippen LogP contribution in [0.1, 0.15) is 52.7 Å². The summed E-state index contributed by atoms with van der Waals surface area (Å²) in [6.07, 6.45) is 1.92. The first-order chi connectivity index (χ1) is 24.0. The number of benzene rings is 5. The summed E-state index contributed by atoms with van der Waals surface area (Å²) in [6, 6.07) is 47.8. The number of anilines is 7. The second-order valence-electron chi connectivity index (χ2n) is 14.7. The molecule has 2 aliphatic rings. The third-order valence-corrected chi connectivity index (χ3v) is 12.3. The van der Waals surface area contributed by atoms with Crippen molar-refractivity contribution in [1.29, 1.82) is 0 Å². The molecule has 2 aliphatic heterocycles. The molecule has 260 valence electrons. The van der Waals surface area contributed by atoms with Crippen molar-refractivity contribution < 1.29 is 25.8 Å². The molecular weight excluding hydrogens is 923 g/mol. The maximum atomic E-state index is 6.55. The van der Waals surface area contributed by atoms with Gasteiger partial charge in [0, 0.05) is 21.1 Å². The molecule has 0 unspecified atom stereocenters. The Morgan fingerprint density at radius 2 is 1.29 bits per heavy atom. The molecule has 0 saturated carbocycles. The first kappa shape index (κ1) is 35.3. The molecule has 0 bridgehead atoms. The maximum Gasteiger partial charge on any atom is 0 e. The van der Waals surface area contributed by atoms with E-state index in [1.807, 2.05) is 24.4 Å². The third-order valence-electron chi connectivity index (χ3n) is 9.11. The Bertz CT molecular complexity index is 2220. The summed E-state index contributed by atoms with van der Waals surface area (Å²) in [6.45, 7) is 15.6. The van der Waals surface area contributed by atoms with E-state index in [1.165, 1.54) is 24.0 Å². The van der Waals surface area contributed by atoms with Gasteiger partial charge < -0.3 is 0 Å². The van der Waals surface area contributed by atoms with Crippen LogP contribution in [0.25, 0.3) is 0 Å². The van der Waals surface area contributed by atoms with Crippen molar-refractivity contribution in [3.05, 3.63) is 151 Å². The van der Waals surface area contributed by atoms with Gasteiger partial charge in [-0.1, -0.05) is 39.0 Å². The van der Waals surface area contributed by atoms with Crippen molar-refractivity contribution in [2.75, 3.05) is 14.7 Å². The Morgan fingerprint density at radius 3 is 2.06 bits per heavy atom. The summed E-state index contributed by atoms with van der Waals surface area (Å²) < 4.78 is 9.24. The summed E-state index contributed by atoms with van der Waals surface area (Å²) in [5.74, 6) is 2.17. The second kappa shape index (κ2) is 13.8. The normalized spacial score (nSPS) is 13.6. The van der Waals surface area contributed by atoms with Crippen molar-refractivity contribution in [2.24, 2.45) is 0 Å². The van der Waals surface area contributed by atoms with Gasteiger partial charge in [-0.15, -0.1) is 0 Å². The van der Waals surface area contributed by atoms with Gasteiger partial charge in [0.25, 0.3) is 0 Å². The number of fused-ring (bicyclic) bond motifs is 3. The van der Waals surface area contributed by atoms with Crippen molar-refractivity contribution >= 4 is 68.1 Å². The number of pyridine rings is 1. The third kappa shape index (κ3) is 6.95. The van der Waals surface area contributed by atoms with E-state index in [0.717, 1.165) is 34.3 Å². The predicted molar refractivity (Wildman–Crippen MR) is 207 cm³/mol. The molecule has 0 atom stereocenters. The fourth-order valence-corrected chi connectivity index (χ4v) is 9.28. The smallest absolute Gasteiger partial charge is 0 e. The number of ether oxygens (including phenoxy) is 1. The molecule has 0 spiro atoms. The summed E-state index contributed by atoms with van der Waals surface area (Å²) in [5.41, 5.74) is 9.00. The minimum atomic E-state index is -0.619. The maximum absolute atomic E-state index is 6.55. The molecule has 0 fully saturated rings. The molecule has 8 rings (SSSR count). The van der Waals surface area contributed by atoms with Gasteiger partial charge in [0.05, 0.1) is 0 Å². The fourth-order valence-electron chi connectivity index (χ4n) is 6.36. The first-order valence-electron chi connectivity index (χ1n) is 17.0. The molecule has 6 aromatic rings. The average molecular weight is 963 g/mol. The molecule has 3 heterocycles. The molecule has 0 aliphatic carbocycles. The fraction of sp³-hybridized carbons (Fsp3) is 0.182. The standard InChI is InChI=1S/C44H39N4OTe.Pt/c1-43(2,3)30-13-11-14-32(25-30)46-29-47(37-18-8-7-17-36(37)46)33-15-12-16-34(27-33)49-35-21-22-41-39(28-35)48(38-19-9-10-20-40(38)50-41)42-26-31(23-24-45-42)44(4,5)6;/h7-26,29H,1-6H3;/q-3;. The van der Waals surface area contributed by atoms with Crippen LogP contribution in [0, 0.1) is 18.8 Å². The van der Waals surface area contributed by atoms with Gasteiger partial charge in [0.1, 0.15) is 0 Å². The molecule has 0 amide bonds. The topological polar surface area (TPSA) is 31.8 Å². The Hall–Kier alpha value is -4.07. The van der Waals surface area contributed by atoms with Crippen LogP contribution in [0.15, 0.2) is 121 Å². The van der Waals surface area contributed by atoms with Gasteiger partial charge in [-0.2, -0.15) is 0 Å². The number of hydrogen-bond acceptors (Lipinski definition) is 5. The number of para-hydroxylation sites is 3. The van der Waals surface area contributed by atoms with Crippen molar-refractivity contribution in [1.82, 2.24) is 4.98 Å². The Balaban J connectivity index is 0.00000406. The monoisotopic (exact) mass is 964 g/mol. The number of nitrogens with zero attached hydrogens (tertiary/aromatic N) is 4. The number of hydrogen-bond donors (Lipinski definition) is 0. The van der Waals surface area contributed by atoms with Crippen LogP contribution in [-0.4, -0.2) is 25.9 Å². The minimum Gasteiger partial charge on any atom is -0.0371 e. The zero-order valence-electron chi connectivity index (χ0n) is 29.5. The van der Waals surface area contributed by atoms with Crippen molar-refractivity contribution in [3.8, 4) is 11.5 Å². The molecule has 0 N–H and O–H groups in total. The molecule has 51 heavy (non-hydrogen) atoms. The number of rotatable bonds is 5. The largest absolute Gasteiger partial charge is 0.0371 e. The summed E-state index contributed by atoms with van der Waals surface area (Å²) >= 11 is -0.619. The van der Waals surface area contributed by atoms with E-state index in [-0.39, 0.29) is 31.9 Å². The minimum absolute atomic E-state index is 0. The SMILES string of the molecule is CC(C)(C)c1cccc(N2[CH-]N(c3[c-]c(Oc4[c-]c5c(cc4)[Te]c4ccccc4N5c4cc(C(C)(C)C)ccn4)ccc3)c3ccccc32)c1.[Pt]. The van der Waals surface area contributed by atoms with Crippen LogP contribution < -0.4 is 26.7 Å². The van der Waals surface area contributed by atoms with E-state index < -0.39 is 20.9 Å². The zero-order valence-corrected chi connectivity index (χ0v) is 34.1. The van der Waals surface area contributed by atoms with E-state index >= 15 is 0 Å². The van der Waals surface area contributed by atoms with Gasteiger partial charge >= 0.3 is 246 Å². The Morgan fingerprint density at radius 1 is 0.627 bits per heavy atom. The zero-order chi connectivity index (χ0) is 34.6. The van der Waals surface area contributed by atoms with Crippen LogP contribution in [0.5, 0.6) is 11.5 Å². The first-order valence-corrected chi connectivity index (χ1v) is 19.3. The molecule has 7 heteroatoms. The van der Waals surface area contributed by atoms with E-state index in [9.17, 15) is 0 Å². The molecular formula is C44H39N4OPtTe-3. The van der Waals surface area contributed by atoms with Crippen LogP contribution in [-0.2, 0) is 31.9 Å². The number of aromatic nitrogens is 1. The van der Waals surface area contributed by atoms with Gasteiger partial charge in [-0.25, -0.2) is 0 Å². The average Bonchev–Trinajstić information content (AvgIpc) is 3.50. The quantitative estimate of drug-likeness (QED) is 0.127. The summed E-state index contributed by atoms with van der Waals surface area (Å²) in [5, 5.41) is 0. The van der Waals surface area contributed by atoms with Gasteiger partial charge in [0.15, 0.2) is 0 Å². The molecule has 1 aromatic heterocycles. The van der Waals surface area contributed by atoms with Gasteiger partial charge in [0.2, 0.25) is 0 Å².